The highest BCUT2D eigenvalue weighted by Crippen LogP contribution is 2.33. The van der Waals surface area contributed by atoms with Crippen LogP contribution in [0.25, 0.3) is 10.9 Å². The van der Waals surface area contributed by atoms with Crippen LogP contribution in [0.2, 0.25) is 0 Å². The Hall–Kier alpha value is -1.36. The maximum atomic E-state index is 13.3. The number of nitrogens with zero attached hydrogens (tertiary/aromatic N) is 1. The molecule has 0 saturated heterocycles. The molecule has 1 aromatic heterocycles. The van der Waals surface area contributed by atoms with Crippen molar-refractivity contribution in [3.8, 4) is 0 Å². The number of carbonyl (C=O) groups is 1. The van der Waals surface area contributed by atoms with Gasteiger partial charge >= 0.3 is 5.97 Å². The van der Waals surface area contributed by atoms with Gasteiger partial charge in [-0.1, -0.05) is 0 Å². The van der Waals surface area contributed by atoms with E-state index in [0.717, 1.165) is 21.1 Å². The summed E-state index contributed by atoms with van der Waals surface area (Å²) in [5, 5.41) is 0.753. The van der Waals surface area contributed by atoms with Crippen LogP contribution in [0.4, 0.5) is 4.39 Å². The third-order valence-corrected chi connectivity index (χ3v) is 4.06. The van der Waals surface area contributed by atoms with Gasteiger partial charge in [0.05, 0.1) is 12.6 Å². The SMILES string of the molecule is COC(=O)C(C)n1c(C)c(Br)c2cc(F)ccc21. The first kappa shape index (κ1) is 13.1. The summed E-state index contributed by atoms with van der Waals surface area (Å²) in [7, 11) is 1.36. The molecule has 1 unspecified atom stereocenters. The minimum atomic E-state index is -0.450. The molecule has 0 N–H and O–H groups in total. The molecule has 0 amide bonds. The molecule has 0 bridgehead atoms. The molecule has 1 aromatic carbocycles. The van der Waals surface area contributed by atoms with E-state index < -0.39 is 6.04 Å². The largest absolute Gasteiger partial charge is 0.467 e. The first-order valence-corrected chi connectivity index (χ1v) is 6.30. The van der Waals surface area contributed by atoms with Gasteiger partial charge in [0.25, 0.3) is 0 Å². The van der Waals surface area contributed by atoms with Crippen LogP contribution in [0.1, 0.15) is 18.7 Å². The highest BCUT2D eigenvalue weighted by Gasteiger charge is 2.22. The Morgan fingerprint density at radius 2 is 2.17 bits per heavy atom. The number of rotatable bonds is 2. The van der Waals surface area contributed by atoms with E-state index in [1.54, 1.807) is 13.0 Å². The maximum absolute atomic E-state index is 13.3. The van der Waals surface area contributed by atoms with Crippen molar-refractivity contribution in [2.24, 2.45) is 0 Å². The number of hydrogen-bond donors (Lipinski definition) is 0. The van der Waals surface area contributed by atoms with Crippen LogP contribution < -0.4 is 0 Å². The number of ether oxygens (including phenoxy) is 1. The average Bonchev–Trinajstić information content (AvgIpc) is 2.60. The van der Waals surface area contributed by atoms with Crippen LogP contribution in [0.5, 0.6) is 0 Å². The third-order valence-electron chi connectivity index (χ3n) is 3.06. The molecule has 18 heavy (non-hydrogen) atoms. The lowest BCUT2D eigenvalue weighted by molar-refractivity contribution is -0.143. The Morgan fingerprint density at radius 1 is 1.50 bits per heavy atom. The van der Waals surface area contributed by atoms with Crippen LogP contribution in [-0.2, 0) is 9.53 Å². The molecular formula is C13H13BrFNO2. The molecule has 2 rings (SSSR count). The molecule has 0 aliphatic rings. The number of fused-ring (bicyclic) bond motifs is 1. The molecular weight excluding hydrogens is 301 g/mol. The van der Waals surface area contributed by atoms with Crippen molar-refractivity contribution in [1.82, 2.24) is 4.57 Å². The number of benzene rings is 1. The first-order valence-electron chi connectivity index (χ1n) is 5.50. The Kier molecular flexibility index (Phi) is 3.43. The minimum Gasteiger partial charge on any atom is -0.467 e. The van der Waals surface area contributed by atoms with Crippen LogP contribution in [0, 0.1) is 12.7 Å². The van der Waals surface area contributed by atoms with Crippen molar-refractivity contribution in [3.05, 3.63) is 34.2 Å². The summed E-state index contributed by atoms with van der Waals surface area (Å²) >= 11 is 3.44. The van der Waals surface area contributed by atoms with E-state index in [9.17, 15) is 9.18 Å². The molecule has 1 heterocycles. The number of methoxy groups -OCH3 is 1. The normalized spacial score (nSPS) is 12.7. The van der Waals surface area contributed by atoms with Crippen LogP contribution >= 0.6 is 15.9 Å². The van der Waals surface area contributed by atoms with E-state index in [-0.39, 0.29) is 11.8 Å². The van der Waals surface area contributed by atoms with Crippen molar-refractivity contribution in [3.63, 3.8) is 0 Å². The molecule has 0 aliphatic carbocycles. The number of carbonyl (C=O) groups excluding carboxylic acids is 1. The molecule has 0 aliphatic heterocycles. The Balaban J connectivity index is 2.71. The summed E-state index contributed by atoms with van der Waals surface area (Å²) in [4.78, 5) is 11.7. The van der Waals surface area contributed by atoms with Crippen LogP contribution in [-0.4, -0.2) is 17.6 Å². The quantitative estimate of drug-likeness (QED) is 0.793. The molecule has 0 fully saturated rings. The highest BCUT2D eigenvalue weighted by molar-refractivity contribution is 9.10. The number of aromatic nitrogens is 1. The van der Waals surface area contributed by atoms with Gasteiger partial charge in [-0.15, -0.1) is 0 Å². The molecule has 0 radical (unpaired) electrons. The van der Waals surface area contributed by atoms with E-state index in [2.05, 4.69) is 15.9 Å². The smallest absolute Gasteiger partial charge is 0.328 e. The third kappa shape index (κ3) is 1.92. The van der Waals surface area contributed by atoms with Gasteiger partial charge in [-0.25, -0.2) is 9.18 Å². The van der Waals surface area contributed by atoms with Crippen molar-refractivity contribution < 1.29 is 13.9 Å². The topological polar surface area (TPSA) is 31.2 Å². The molecule has 3 nitrogen and oxygen atoms in total. The lowest BCUT2D eigenvalue weighted by atomic mass is 10.2. The predicted molar refractivity (Wildman–Crippen MR) is 71.1 cm³/mol. The summed E-state index contributed by atoms with van der Waals surface area (Å²) in [5.74, 6) is -0.627. The van der Waals surface area contributed by atoms with Crippen molar-refractivity contribution >= 4 is 32.8 Å². The van der Waals surface area contributed by atoms with Gasteiger partial charge in [-0.05, 0) is 48.0 Å². The Bertz CT molecular complexity index is 621. The van der Waals surface area contributed by atoms with Gasteiger partial charge in [0.1, 0.15) is 11.9 Å². The molecule has 1 atom stereocenters. The fourth-order valence-corrected chi connectivity index (χ4v) is 2.66. The monoisotopic (exact) mass is 313 g/mol. The van der Waals surface area contributed by atoms with Gasteiger partial charge in [-0.2, -0.15) is 0 Å². The second-order valence-electron chi connectivity index (χ2n) is 4.13. The predicted octanol–water partition coefficient (Wildman–Crippen LogP) is 3.59. The fourth-order valence-electron chi connectivity index (χ4n) is 2.15. The van der Waals surface area contributed by atoms with Gasteiger partial charge in [0.2, 0.25) is 0 Å². The van der Waals surface area contributed by atoms with E-state index >= 15 is 0 Å². The van der Waals surface area contributed by atoms with E-state index in [0.29, 0.717) is 0 Å². The maximum Gasteiger partial charge on any atom is 0.328 e. The summed E-state index contributed by atoms with van der Waals surface area (Å²) in [6, 6.07) is 4.05. The molecule has 2 aromatic rings. The molecule has 0 spiro atoms. The van der Waals surface area contributed by atoms with Gasteiger partial charge in [-0.3, -0.25) is 0 Å². The average molecular weight is 314 g/mol. The zero-order valence-corrected chi connectivity index (χ0v) is 11.9. The highest BCUT2D eigenvalue weighted by atomic mass is 79.9. The van der Waals surface area contributed by atoms with E-state index in [1.807, 2.05) is 11.5 Å². The van der Waals surface area contributed by atoms with Crippen molar-refractivity contribution in [1.29, 1.82) is 0 Å². The van der Waals surface area contributed by atoms with Crippen molar-refractivity contribution in [2.45, 2.75) is 19.9 Å². The number of hydrogen-bond acceptors (Lipinski definition) is 2. The fraction of sp³-hybridized carbons (Fsp3) is 0.308. The van der Waals surface area contributed by atoms with Crippen LogP contribution in [0.3, 0.4) is 0 Å². The Labute approximate surface area is 113 Å². The standard InChI is InChI=1S/C13H13BrFNO2/c1-7-12(14)10-6-9(15)4-5-11(10)16(7)8(2)13(17)18-3/h4-6,8H,1-3H3. The summed E-state index contributed by atoms with van der Waals surface area (Å²) in [6.45, 7) is 3.63. The lowest BCUT2D eigenvalue weighted by Crippen LogP contribution is -2.18. The Morgan fingerprint density at radius 3 is 2.78 bits per heavy atom. The van der Waals surface area contributed by atoms with Gasteiger partial charge < -0.3 is 9.30 Å². The summed E-state index contributed by atoms with van der Waals surface area (Å²) in [5.41, 5.74) is 1.67. The summed E-state index contributed by atoms with van der Waals surface area (Å²) in [6.07, 6.45) is 0. The molecule has 5 heteroatoms. The second-order valence-corrected chi connectivity index (χ2v) is 4.92. The minimum absolute atomic E-state index is 0.300. The van der Waals surface area contributed by atoms with Crippen LogP contribution in [0.15, 0.2) is 22.7 Å². The first-order chi connectivity index (χ1) is 8.47. The second kappa shape index (κ2) is 4.72. The lowest BCUT2D eigenvalue weighted by Gasteiger charge is -2.15. The van der Waals surface area contributed by atoms with E-state index in [1.165, 1.54) is 19.2 Å². The number of halogens is 2. The summed E-state index contributed by atoms with van der Waals surface area (Å²) < 4.78 is 20.7. The zero-order valence-electron chi connectivity index (χ0n) is 10.3. The molecule has 0 saturated carbocycles. The number of esters is 1. The van der Waals surface area contributed by atoms with E-state index in [4.69, 9.17) is 4.74 Å². The zero-order chi connectivity index (χ0) is 13.4. The molecule has 96 valence electrons. The van der Waals surface area contributed by atoms with Gasteiger partial charge in [0, 0.05) is 15.6 Å². The van der Waals surface area contributed by atoms with Gasteiger partial charge in [0.15, 0.2) is 0 Å². The van der Waals surface area contributed by atoms with Crippen molar-refractivity contribution in [2.75, 3.05) is 7.11 Å².